The molecular weight excluding hydrogens is 228 g/mol. The first-order valence-electron chi connectivity index (χ1n) is 4.65. The molecule has 78 valence electrons. The van der Waals surface area contributed by atoms with Gasteiger partial charge in [-0.2, -0.15) is 0 Å². The Morgan fingerprint density at radius 3 is 2.60 bits per heavy atom. The van der Waals surface area contributed by atoms with Gasteiger partial charge in [-0.3, -0.25) is 0 Å². The largest absolute Gasteiger partial charge is 0.325 e. The first-order chi connectivity index (χ1) is 7.28. The van der Waals surface area contributed by atoms with Gasteiger partial charge in [0.05, 0.1) is 10.7 Å². The fourth-order valence-corrected chi connectivity index (χ4v) is 2.27. The molecular formula is C11H11ClN2S. The highest BCUT2D eigenvalue weighted by Gasteiger charge is 2.01. The van der Waals surface area contributed by atoms with Gasteiger partial charge in [0.15, 0.2) is 0 Å². The molecule has 0 radical (unpaired) electrons. The minimum Gasteiger partial charge on any atom is -0.325 e. The van der Waals surface area contributed by atoms with E-state index in [1.807, 2.05) is 29.6 Å². The molecule has 0 bridgehead atoms. The molecule has 0 saturated heterocycles. The fraction of sp³-hybridized carbons (Fsp3) is 0.182. The Bertz CT molecular complexity index is 436. The number of halogens is 1. The van der Waals surface area contributed by atoms with Gasteiger partial charge in [0.25, 0.3) is 0 Å². The second-order valence-corrected chi connectivity index (χ2v) is 4.62. The highest BCUT2D eigenvalue weighted by atomic mass is 35.5. The maximum atomic E-state index is 5.81. The second-order valence-electron chi connectivity index (χ2n) is 3.24. The summed E-state index contributed by atoms with van der Waals surface area (Å²) >= 11 is 7.46. The van der Waals surface area contributed by atoms with Crippen molar-refractivity contribution in [1.29, 1.82) is 0 Å². The van der Waals surface area contributed by atoms with Gasteiger partial charge in [0.1, 0.15) is 0 Å². The molecule has 0 aliphatic heterocycles. The molecule has 0 spiro atoms. The van der Waals surface area contributed by atoms with Crippen LogP contribution in [0.1, 0.15) is 16.3 Å². The Morgan fingerprint density at radius 2 is 2.00 bits per heavy atom. The maximum absolute atomic E-state index is 5.81. The van der Waals surface area contributed by atoms with E-state index < -0.39 is 0 Å². The lowest BCUT2D eigenvalue weighted by Crippen LogP contribution is -1.96. The smallest absolute Gasteiger partial charge is 0.0972 e. The zero-order valence-corrected chi connectivity index (χ0v) is 9.68. The number of thiazole rings is 1. The molecule has 2 rings (SSSR count). The molecule has 0 saturated carbocycles. The van der Waals surface area contributed by atoms with E-state index in [1.165, 1.54) is 5.56 Å². The Morgan fingerprint density at radius 1 is 1.27 bits per heavy atom. The van der Waals surface area contributed by atoms with Crippen LogP contribution in [-0.2, 0) is 13.0 Å². The van der Waals surface area contributed by atoms with Crippen LogP contribution in [0.2, 0.25) is 5.02 Å². The van der Waals surface area contributed by atoms with Crippen molar-refractivity contribution in [2.75, 3.05) is 0 Å². The second kappa shape index (κ2) is 4.75. The SMILES string of the molecule is NCc1csc(Cc2ccc(Cl)cc2)n1. The van der Waals surface area contributed by atoms with E-state index in [0.29, 0.717) is 6.54 Å². The molecule has 0 aliphatic rings. The van der Waals surface area contributed by atoms with Gasteiger partial charge in [-0.1, -0.05) is 23.7 Å². The third-order valence-corrected chi connectivity index (χ3v) is 3.23. The topological polar surface area (TPSA) is 38.9 Å². The van der Waals surface area contributed by atoms with Crippen molar-refractivity contribution in [2.24, 2.45) is 5.73 Å². The van der Waals surface area contributed by atoms with E-state index in [4.69, 9.17) is 17.3 Å². The Labute approximate surface area is 97.7 Å². The molecule has 4 heteroatoms. The summed E-state index contributed by atoms with van der Waals surface area (Å²) in [6.07, 6.45) is 0.849. The quantitative estimate of drug-likeness (QED) is 0.893. The normalized spacial score (nSPS) is 10.5. The molecule has 0 fully saturated rings. The molecule has 0 unspecified atom stereocenters. The molecule has 1 aromatic carbocycles. The zero-order valence-electron chi connectivity index (χ0n) is 8.11. The minimum absolute atomic E-state index is 0.511. The zero-order chi connectivity index (χ0) is 10.7. The van der Waals surface area contributed by atoms with Crippen LogP contribution in [0.15, 0.2) is 29.6 Å². The number of hydrogen-bond acceptors (Lipinski definition) is 3. The van der Waals surface area contributed by atoms with Crippen LogP contribution in [0, 0.1) is 0 Å². The van der Waals surface area contributed by atoms with Gasteiger partial charge in [-0.15, -0.1) is 11.3 Å². The van der Waals surface area contributed by atoms with Crippen LogP contribution in [0.25, 0.3) is 0 Å². The van der Waals surface area contributed by atoms with Crippen LogP contribution >= 0.6 is 22.9 Å². The third kappa shape index (κ3) is 2.78. The Kier molecular flexibility index (Phi) is 3.36. The summed E-state index contributed by atoms with van der Waals surface area (Å²) in [6, 6.07) is 7.83. The van der Waals surface area contributed by atoms with Gasteiger partial charge < -0.3 is 5.73 Å². The summed E-state index contributed by atoms with van der Waals surface area (Å²) in [6.45, 7) is 0.511. The van der Waals surface area contributed by atoms with E-state index in [-0.39, 0.29) is 0 Å². The number of nitrogens with zero attached hydrogens (tertiary/aromatic N) is 1. The van der Waals surface area contributed by atoms with Gasteiger partial charge >= 0.3 is 0 Å². The number of rotatable bonds is 3. The van der Waals surface area contributed by atoms with Crippen molar-refractivity contribution in [3.8, 4) is 0 Å². The molecule has 2 nitrogen and oxygen atoms in total. The van der Waals surface area contributed by atoms with E-state index in [0.717, 1.165) is 22.1 Å². The lowest BCUT2D eigenvalue weighted by Gasteiger charge is -1.97. The molecule has 0 atom stereocenters. The van der Waals surface area contributed by atoms with Gasteiger partial charge in [-0.05, 0) is 17.7 Å². The summed E-state index contributed by atoms with van der Waals surface area (Å²) < 4.78 is 0. The highest BCUT2D eigenvalue weighted by Crippen LogP contribution is 2.16. The summed E-state index contributed by atoms with van der Waals surface area (Å²) in [7, 11) is 0. The van der Waals surface area contributed by atoms with E-state index in [1.54, 1.807) is 11.3 Å². The van der Waals surface area contributed by atoms with Crippen LogP contribution in [0.3, 0.4) is 0 Å². The molecule has 15 heavy (non-hydrogen) atoms. The van der Waals surface area contributed by atoms with Crippen LogP contribution < -0.4 is 5.73 Å². The predicted octanol–water partition coefficient (Wildman–Crippen LogP) is 2.85. The summed E-state index contributed by atoms with van der Waals surface area (Å²) in [5.74, 6) is 0. The van der Waals surface area contributed by atoms with E-state index >= 15 is 0 Å². The predicted molar refractivity (Wildman–Crippen MR) is 64.3 cm³/mol. The monoisotopic (exact) mass is 238 g/mol. The van der Waals surface area contributed by atoms with E-state index in [9.17, 15) is 0 Å². The first kappa shape index (κ1) is 10.6. The standard InChI is InChI=1S/C11H11ClN2S/c12-9-3-1-8(2-4-9)5-11-14-10(6-13)7-15-11/h1-4,7H,5-6,13H2. The Hall–Kier alpha value is -0.900. The van der Waals surface area contributed by atoms with Gasteiger partial charge in [0, 0.05) is 23.4 Å². The lowest BCUT2D eigenvalue weighted by atomic mass is 10.2. The van der Waals surface area contributed by atoms with Gasteiger partial charge in [-0.25, -0.2) is 4.98 Å². The van der Waals surface area contributed by atoms with Crippen molar-refractivity contribution in [3.05, 3.63) is 50.9 Å². The average Bonchev–Trinajstić information content (AvgIpc) is 2.69. The number of hydrogen-bond donors (Lipinski definition) is 1. The molecule has 0 amide bonds. The molecule has 0 aliphatic carbocycles. The third-order valence-electron chi connectivity index (χ3n) is 2.08. The number of benzene rings is 1. The van der Waals surface area contributed by atoms with Crippen LogP contribution in [0.4, 0.5) is 0 Å². The fourth-order valence-electron chi connectivity index (χ4n) is 1.30. The van der Waals surface area contributed by atoms with Crippen molar-refractivity contribution < 1.29 is 0 Å². The van der Waals surface area contributed by atoms with Gasteiger partial charge in [0.2, 0.25) is 0 Å². The molecule has 1 heterocycles. The number of aromatic nitrogens is 1. The Balaban J connectivity index is 2.11. The summed E-state index contributed by atoms with van der Waals surface area (Å²) in [5.41, 5.74) is 7.68. The molecule has 2 aromatic rings. The van der Waals surface area contributed by atoms with E-state index in [2.05, 4.69) is 4.98 Å². The number of nitrogens with two attached hydrogens (primary N) is 1. The van der Waals surface area contributed by atoms with Crippen LogP contribution in [0.5, 0.6) is 0 Å². The lowest BCUT2D eigenvalue weighted by molar-refractivity contribution is 0.982. The average molecular weight is 239 g/mol. The molecule has 1 aromatic heterocycles. The maximum Gasteiger partial charge on any atom is 0.0972 e. The summed E-state index contributed by atoms with van der Waals surface area (Å²) in [4.78, 5) is 4.41. The summed E-state index contributed by atoms with van der Waals surface area (Å²) in [5, 5.41) is 3.86. The van der Waals surface area contributed by atoms with Crippen molar-refractivity contribution in [3.63, 3.8) is 0 Å². The van der Waals surface area contributed by atoms with Crippen LogP contribution in [-0.4, -0.2) is 4.98 Å². The van der Waals surface area contributed by atoms with Crippen molar-refractivity contribution in [1.82, 2.24) is 4.98 Å². The first-order valence-corrected chi connectivity index (χ1v) is 5.91. The minimum atomic E-state index is 0.511. The van der Waals surface area contributed by atoms with Crippen molar-refractivity contribution in [2.45, 2.75) is 13.0 Å². The highest BCUT2D eigenvalue weighted by molar-refractivity contribution is 7.09. The van der Waals surface area contributed by atoms with Crippen molar-refractivity contribution >= 4 is 22.9 Å². The molecule has 2 N–H and O–H groups in total.